The molecule has 1 fully saturated rings. The molecule has 1 aliphatic carbocycles. The van der Waals surface area contributed by atoms with E-state index >= 15 is 0 Å². The maximum Gasteiger partial charge on any atom is 0.490 e. The minimum absolute atomic E-state index is 0.0575. The lowest BCUT2D eigenvalue weighted by Crippen LogP contribution is -2.45. The third-order valence-corrected chi connectivity index (χ3v) is 4.47. The molecule has 1 amide bonds. The van der Waals surface area contributed by atoms with Crippen molar-refractivity contribution in [1.82, 2.24) is 10.6 Å². The van der Waals surface area contributed by atoms with Crippen molar-refractivity contribution >= 4 is 23.5 Å². The standard InChI is InChI=1S/C16H23ClN2O2.C2HF3O2/c1-11(21-15-9-3-12(17)4-10-15)16(20)19-14-7-5-13(18-2)6-8-14;3-2(4,5)1(6)7/h3-4,9-11,13-14,18H,5-8H2,1-2H3,(H,19,20);(H,6,7)/t11-,13?,14?;/m0./s1. The number of hydrogen-bond acceptors (Lipinski definition) is 4. The van der Waals surface area contributed by atoms with E-state index < -0.39 is 18.2 Å². The summed E-state index contributed by atoms with van der Waals surface area (Å²) >= 11 is 5.82. The summed E-state index contributed by atoms with van der Waals surface area (Å²) in [6, 6.07) is 7.88. The fourth-order valence-corrected chi connectivity index (χ4v) is 2.74. The van der Waals surface area contributed by atoms with Gasteiger partial charge in [0.2, 0.25) is 0 Å². The van der Waals surface area contributed by atoms with Crippen LogP contribution >= 0.6 is 11.6 Å². The summed E-state index contributed by atoms with van der Waals surface area (Å²) in [5.74, 6) is -2.16. The first-order valence-corrected chi connectivity index (χ1v) is 9.10. The van der Waals surface area contributed by atoms with Crippen LogP contribution in [0.3, 0.4) is 0 Å². The highest BCUT2D eigenvalue weighted by Crippen LogP contribution is 2.19. The number of benzene rings is 1. The number of alkyl halides is 3. The molecule has 2 rings (SSSR count). The first kappa shape index (κ1) is 24.0. The number of aliphatic carboxylic acids is 1. The minimum Gasteiger partial charge on any atom is -0.481 e. The van der Waals surface area contributed by atoms with Crippen LogP contribution in [0.1, 0.15) is 32.6 Å². The third-order valence-electron chi connectivity index (χ3n) is 4.22. The van der Waals surface area contributed by atoms with Gasteiger partial charge >= 0.3 is 12.1 Å². The van der Waals surface area contributed by atoms with Crippen molar-refractivity contribution in [3.63, 3.8) is 0 Å². The molecular weight excluding hydrogens is 401 g/mol. The van der Waals surface area contributed by atoms with Gasteiger partial charge in [-0.2, -0.15) is 13.2 Å². The highest BCUT2D eigenvalue weighted by atomic mass is 35.5. The maximum absolute atomic E-state index is 12.2. The first-order valence-electron chi connectivity index (χ1n) is 8.73. The van der Waals surface area contributed by atoms with Gasteiger partial charge in [0.05, 0.1) is 0 Å². The predicted octanol–water partition coefficient (Wildman–Crippen LogP) is 3.39. The van der Waals surface area contributed by atoms with Crippen LogP contribution < -0.4 is 15.4 Å². The van der Waals surface area contributed by atoms with Crippen LogP contribution in [-0.2, 0) is 9.59 Å². The molecule has 1 saturated carbocycles. The Bertz CT molecular complexity index is 633. The van der Waals surface area contributed by atoms with Crippen molar-refractivity contribution in [3.8, 4) is 5.75 Å². The average Bonchev–Trinajstić information content (AvgIpc) is 2.64. The van der Waals surface area contributed by atoms with Crippen molar-refractivity contribution in [2.24, 2.45) is 0 Å². The topological polar surface area (TPSA) is 87.7 Å². The minimum atomic E-state index is -5.08. The SMILES string of the molecule is CNC1CCC(NC(=O)[C@H](C)Oc2ccc(Cl)cc2)CC1.O=C(O)C(F)(F)F. The fraction of sp³-hybridized carbons (Fsp3) is 0.556. The van der Waals surface area contributed by atoms with Gasteiger partial charge in [0, 0.05) is 17.1 Å². The number of carboxylic acid groups (broad SMARTS) is 1. The van der Waals surface area contributed by atoms with E-state index in [9.17, 15) is 18.0 Å². The lowest BCUT2D eigenvalue weighted by atomic mass is 9.91. The number of carbonyl (C=O) groups excluding carboxylic acids is 1. The first-order chi connectivity index (χ1) is 13.0. The van der Waals surface area contributed by atoms with Crippen molar-refractivity contribution in [2.75, 3.05) is 7.05 Å². The Hall–Kier alpha value is -2.00. The van der Waals surface area contributed by atoms with E-state index in [0.717, 1.165) is 25.7 Å². The molecule has 0 heterocycles. The molecule has 28 heavy (non-hydrogen) atoms. The molecule has 0 unspecified atom stereocenters. The highest BCUT2D eigenvalue weighted by Gasteiger charge is 2.38. The Kier molecular flexibility index (Phi) is 9.54. The van der Waals surface area contributed by atoms with Gasteiger partial charge in [-0.1, -0.05) is 11.6 Å². The monoisotopic (exact) mass is 424 g/mol. The van der Waals surface area contributed by atoms with Crippen molar-refractivity contribution in [2.45, 2.75) is 57.0 Å². The zero-order valence-electron chi connectivity index (χ0n) is 15.6. The second kappa shape index (κ2) is 11.1. The fourth-order valence-electron chi connectivity index (χ4n) is 2.62. The number of hydrogen-bond donors (Lipinski definition) is 3. The Balaban J connectivity index is 0.000000480. The summed E-state index contributed by atoms with van der Waals surface area (Å²) in [7, 11) is 1.99. The molecule has 0 bridgehead atoms. The van der Waals surface area contributed by atoms with E-state index in [2.05, 4.69) is 10.6 Å². The van der Waals surface area contributed by atoms with E-state index in [-0.39, 0.29) is 11.9 Å². The van der Waals surface area contributed by atoms with Crippen LogP contribution in [0.5, 0.6) is 5.75 Å². The Morgan fingerprint density at radius 2 is 1.61 bits per heavy atom. The van der Waals surface area contributed by atoms with E-state index in [1.807, 2.05) is 7.05 Å². The van der Waals surface area contributed by atoms with Gasteiger partial charge in [-0.15, -0.1) is 0 Å². The number of carboxylic acids is 1. The molecule has 0 radical (unpaired) electrons. The van der Waals surface area contributed by atoms with E-state index in [0.29, 0.717) is 16.8 Å². The van der Waals surface area contributed by atoms with Crippen LogP contribution in [0.25, 0.3) is 0 Å². The van der Waals surface area contributed by atoms with Crippen LogP contribution in [-0.4, -0.2) is 48.4 Å². The second-order valence-electron chi connectivity index (χ2n) is 6.36. The molecule has 10 heteroatoms. The van der Waals surface area contributed by atoms with Crippen LogP contribution in [0, 0.1) is 0 Å². The van der Waals surface area contributed by atoms with Crippen molar-refractivity contribution in [1.29, 1.82) is 0 Å². The average molecular weight is 425 g/mol. The summed E-state index contributed by atoms with van der Waals surface area (Å²) in [6.45, 7) is 1.77. The van der Waals surface area contributed by atoms with Gasteiger partial charge in [-0.05, 0) is 63.9 Å². The number of carbonyl (C=O) groups is 2. The maximum atomic E-state index is 12.2. The van der Waals surface area contributed by atoms with Gasteiger partial charge < -0.3 is 20.5 Å². The molecule has 1 aliphatic rings. The van der Waals surface area contributed by atoms with Gasteiger partial charge in [-0.25, -0.2) is 4.79 Å². The summed E-state index contributed by atoms with van der Waals surface area (Å²) < 4.78 is 37.4. The normalized spacial score (nSPS) is 20.4. The molecule has 0 saturated heterocycles. The third kappa shape index (κ3) is 8.79. The van der Waals surface area contributed by atoms with E-state index in [4.69, 9.17) is 26.2 Å². The number of ether oxygens (including phenoxy) is 1. The molecule has 6 nitrogen and oxygen atoms in total. The molecule has 158 valence electrons. The highest BCUT2D eigenvalue weighted by molar-refractivity contribution is 6.30. The van der Waals surface area contributed by atoms with Crippen LogP contribution in [0.4, 0.5) is 13.2 Å². The Morgan fingerprint density at radius 1 is 1.14 bits per heavy atom. The van der Waals surface area contributed by atoms with Gasteiger partial charge in [0.15, 0.2) is 6.10 Å². The largest absolute Gasteiger partial charge is 0.490 e. The number of rotatable bonds is 5. The predicted molar refractivity (Wildman–Crippen MR) is 98.5 cm³/mol. The Morgan fingerprint density at radius 3 is 2.04 bits per heavy atom. The lowest BCUT2D eigenvalue weighted by molar-refractivity contribution is -0.192. The summed E-state index contributed by atoms with van der Waals surface area (Å²) in [5.41, 5.74) is 0. The molecule has 0 spiro atoms. The van der Waals surface area contributed by atoms with E-state index in [1.165, 1.54) is 0 Å². The summed E-state index contributed by atoms with van der Waals surface area (Å²) in [6.07, 6.45) is -1.34. The zero-order chi connectivity index (χ0) is 21.3. The lowest BCUT2D eigenvalue weighted by Gasteiger charge is -2.29. The van der Waals surface area contributed by atoms with Gasteiger partial charge in [0.1, 0.15) is 5.75 Å². The van der Waals surface area contributed by atoms with Crippen molar-refractivity contribution < 1.29 is 32.6 Å². The second-order valence-corrected chi connectivity index (χ2v) is 6.80. The number of nitrogens with one attached hydrogen (secondary N) is 2. The summed E-state index contributed by atoms with van der Waals surface area (Å²) in [4.78, 5) is 21.1. The van der Waals surface area contributed by atoms with Crippen LogP contribution in [0.2, 0.25) is 5.02 Å². The zero-order valence-corrected chi connectivity index (χ0v) is 16.3. The number of amides is 1. The Labute approximate surface area is 166 Å². The number of halogens is 4. The molecule has 1 atom stereocenters. The molecule has 1 aromatic rings. The molecule has 3 N–H and O–H groups in total. The van der Waals surface area contributed by atoms with Crippen molar-refractivity contribution in [3.05, 3.63) is 29.3 Å². The quantitative estimate of drug-likeness (QED) is 0.674. The molecule has 0 aliphatic heterocycles. The molecular formula is C18H24ClF3N2O4. The van der Waals surface area contributed by atoms with Gasteiger partial charge in [0.25, 0.3) is 5.91 Å². The molecule has 1 aromatic carbocycles. The molecule has 0 aromatic heterocycles. The van der Waals surface area contributed by atoms with E-state index in [1.54, 1.807) is 31.2 Å². The smallest absolute Gasteiger partial charge is 0.481 e. The van der Waals surface area contributed by atoms with Crippen LogP contribution in [0.15, 0.2) is 24.3 Å². The summed E-state index contributed by atoms with van der Waals surface area (Å²) in [5, 5.41) is 14.1. The van der Waals surface area contributed by atoms with Gasteiger partial charge in [-0.3, -0.25) is 4.79 Å².